The van der Waals surface area contributed by atoms with Crippen molar-refractivity contribution in [3.05, 3.63) is 23.8 Å². The predicted molar refractivity (Wildman–Crippen MR) is 60.6 cm³/mol. The molecule has 1 amide bonds. The molecular formula is C10H13N7O. The van der Waals surface area contributed by atoms with Crippen molar-refractivity contribution < 1.29 is 4.79 Å². The van der Waals surface area contributed by atoms with E-state index in [0.717, 1.165) is 31.0 Å². The zero-order valence-electron chi connectivity index (χ0n) is 9.92. The van der Waals surface area contributed by atoms with Crippen LogP contribution in [0.4, 0.5) is 0 Å². The third kappa shape index (κ3) is 1.75. The lowest BCUT2D eigenvalue weighted by molar-refractivity contribution is 0.0927. The number of amides is 1. The molecule has 0 aliphatic carbocycles. The van der Waals surface area contributed by atoms with Gasteiger partial charge in [-0.3, -0.25) is 9.89 Å². The summed E-state index contributed by atoms with van der Waals surface area (Å²) in [5, 5.41) is 17.2. The van der Waals surface area contributed by atoms with Crippen LogP contribution in [0.2, 0.25) is 0 Å². The molecular weight excluding hydrogens is 234 g/mol. The van der Waals surface area contributed by atoms with E-state index < -0.39 is 0 Å². The monoisotopic (exact) mass is 247 g/mol. The Labute approximate surface area is 103 Å². The normalized spacial score (nSPS) is 15.4. The fourth-order valence-corrected chi connectivity index (χ4v) is 2.14. The van der Waals surface area contributed by atoms with E-state index in [-0.39, 0.29) is 17.8 Å². The molecule has 8 heteroatoms. The molecule has 1 aliphatic rings. The summed E-state index contributed by atoms with van der Waals surface area (Å²) < 4.78 is 2.06. The highest BCUT2D eigenvalue weighted by Crippen LogP contribution is 2.18. The van der Waals surface area contributed by atoms with E-state index in [2.05, 4.69) is 35.3 Å². The van der Waals surface area contributed by atoms with Crippen LogP contribution >= 0.6 is 0 Å². The molecule has 1 aliphatic heterocycles. The molecule has 3 heterocycles. The molecule has 0 radical (unpaired) electrons. The zero-order chi connectivity index (χ0) is 12.5. The second-order valence-corrected chi connectivity index (χ2v) is 4.26. The van der Waals surface area contributed by atoms with Gasteiger partial charge in [-0.25, -0.2) is 4.98 Å². The molecule has 0 fully saturated rings. The van der Waals surface area contributed by atoms with Crippen molar-refractivity contribution >= 4 is 5.91 Å². The summed E-state index contributed by atoms with van der Waals surface area (Å²) in [6, 6.07) is -0.207. The van der Waals surface area contributed by atoms with E-state index in [1.54, 1.807) is 0 Å². The van der Waals surface area contributed by atoms with Gasteiger partial charge in [0.15, 0.2) is 5.82 Å². The fourth-order valence-electron chi connectivity index (χ4n) is 2.14. The lowest BCUT2D eigenvalue weighted by atomic mass is 10.3. The second kappa shape index (κ2) is 4.21. The fraction of sp³-hybridized carbons (Fsp3) is 0.500. The summed E-state index contributed by atoms with van der Waals surface area (Å²) >= 11 is 0. The summed E-state index contributed by atoms with van der Waals surface area (Å²) in [5.74, 6) is 1.68. The average Bonchev–Trinajstić information content (AvgIpc) is 3.06. The van der Waals surface area contributed by atoms with Gasteiger partial charge in [0, 0.05) is 13.0 Å². The topological polar surface area (TPSA) is 101 Å². The van der Waals surface area contributed by atoms with Gasteiger partial charge in [-0.15, -0.1) is 10.2 Å². The number of H-pyrrole nitrogens is 1. The van der Waals surface area contributed by atoms with Crippen molar-refractivity contribution in [1.82, 2.24) is 35.3 Å². The Morgan fingerprint density at radius 1 is 1.56 bits per heavy atom. The number of fused-ring (bicyclic) bond motifs is 1. The molecule has 1 atom stereocenters. The van der Waals surface area contributed by atoms with E-state index in [9.17, 15) is 4.79 Å². The summed E-state index contributed by atoms with van der Waals surface area (Å²) in [6.07, 6.45) is 3.34. The number of aromatic nitrogens is 6. The van der Waals surface area contributed by atoms with Gasteiger partial charge in [0.05, 0.1) is 6.04 Å². The van der Waals surface area contributed by atoms with Crippen molar-refractivity contribution in [3.63, 3.8) is 0 Å². The van der Waals surface area contributed by atoms with E-state index in [1.165, 1.54) is 6.33 Å². The Balaban J connectivity index is 1.75. The van der Waals surface area contributed by atoms with Crippen LogP contribution in [0.3, 0.4) is 0 Å². The Morgan fingerprint density at radius 3 is 3.22 bits per heavy atom. The first-order valence-corrected chi connectivity index (χ1v) is 5.84. The highest BCUT2D eigenvalue weighted by atomic mass is 16.2. The molecule has 2 aromatic rings. The summed E-state index contributed by atoms with van der Waals surface area (Å²) in [4.78, 5) is 15.6. The first kappa shape index (κ1) is 10.9. The number of carbonyl (C=O) groups is 1. The van der Waals surface area contributed by atoms with Crippen LogP contribution in [-0.4, -0.2) is 35.9 Å². The number of hydrogen-bond acceptors (Lipinski definition) is 5. The number of carbonyl (C=O) groups excluding carboxylic acids is 1. The summed E-state index contributed by atoms with van der Waals surface area (Å²) in [5.41, 5.74) is 0. The summed E-state index contributed by atoms with van der Waals surface area (Å²) in [7, 11) is 0. The first-order valence-electron chi connectivity index (χ1n) is 5.84. The maximum Gasteiger partial charge on any atom is 0.289 e. The van der Waals surface area contributed by atoms with Gasteiger partial charge < -0.3 is 9.88 Å². The molecule has 2 aromatic heterocycles. The zero-order valence-corrected chi connectivity index (χ0v) is 9.92. The van der Waals surface area contributed by atoms with Crippen LogP contribution in [0.15, 0.2) is 6.33 Å². The van der Waals surface area contributed by atoms with Crippen molar-refractivity contribution in [3.8, 4) is 0 Å². The van der Waals surface area contributed by atoms with Gasteiger partial charge in [-0.2, -0.15) is 5.10 Å². The van der Waals surface area contributed by atoms with Gasteiger partial charge in [0.2, 0.25) is 5.82 Å². The van der Waals surface area contributed by atoms with Gasteiger partial charge >= 0.3 is 0 Å². The number of aryl methyl sites for hydroxylation is 1. The molecule has 94 valence electrons. The van der Waals surface area contributed by atoms with Crippen LogP contribution in [-0.2, 0) is 13.0 Å². The highest BCUT2D eigenvalue weighted by Gasteiger charge is 2.23. The number of nitrogens with zero attached hydrogens (tertiary/aromatic N) is 5. The molecule has 2 N–H and O–H groups in total. The SMILES string of the molecule is CC(NC(=O)c1ncn[nH]1)c1nnc2n1CCC2. The first-order chi connectivity index (χ1) is 8.75. The lowest BCUT2D eigenvalue weighted by Gasteiger charge is -2.12. The van der Waals surface area contributed by atoms with Crippen LogP contribution in [0.5, 0.6) is 0 Å². The molecule has 3 rings (SSSR count). The van der Waals surface area contributed by atoms with Gasteiger partial charge in [-0.1, -0.05) is 0 Å². The van der Waals surface area contributed by atoms with Crippen LogP contribution in [0.1, 0.15) is 41.7 Å². The molecule has 8 nitrogen and oxygen atoms in total. The lowest BCUT2D eigenvalue weighted by Crippen LogP contribution is -2.29. The largest absolute Gasteiger partial charge is 0.340 e. The maximum atomic E-state index is 11.8. The van der Waals surface area contributed by atoms with E-state index in [4.69, 9.17) is 0 Å². The van der Waals surface area contributed by atoms with E-state index in [0.29, 0.717) is 0 Å². The number of nitrogens with one attached hydrogen (secondary N) is 2. The van der Waals surface area contributed by atoms with Gasteiger partial charge in [-0.05, 0) is 13.3 Å². The molecule has 1 unspecified atom stereocenters. The Bertz CT molecular complexity index is 559. The van der Waals surface area contributed by atoms with E-state index >= 15 is 0 Å². The second-order valence-electron chi connectivity index (χ2n) is 4.26. The molecule has 0 saturated heterocycles. The van der Waals surface area contributed by atoms with Crippen molar-refractivity contribution in [2.75, 3.05) is 0 Å². The number of aromatic amines is 1. The molecule has 0 spiro atoms. The Hall–Kier alpha value is -2.25. The average molecular weight is 247 g/mol. The van der Waals surface area contributed by atoms with Crippen LogP contribution in [0, 0.1) is 0 Å². The Kier molecular flexibility index (Phi) is 2.54. The van der Waals surface area contributed by atoms with Crippen molar-refractivity contribution in [2.24, 2.45) is 0 Å². The van der Waals surface area contributed by atoms with Crippen LogP contribution in [0.25, 0.3) is 0 Å². The third-order valence-electron chi connectivity index (χ3n) is 3.00. The van der Waals surface area contributed by atoms with Gasteiger partial charge in [0.25, 0.3) is 5.91 Å². The van der Waals surface area contributed by atoms with E-state index in [1.807, 2.05) is 6.92 Å². The predicted octanol–water partition coefficient (Wildman–Crippen LogP) is -0.167. The van der Waals surface area contributed by atoms with Crippen molar-refractivity contribution in [1.29, 1.82) is 0 Å². The van der Waals surface area contributed by atoms with Gasteiger partial charge in [0.1, 0.15) is 12.2 Å². The molecule has 0 aromatic carbocycles. The Morgan fingerprint density at radius 2 is 2.44 bits per heavy atom. The quantitative estimate of drug-likeness (QED) is 0.784. The highest BCUT2D eigenvalue weighted by molar-refractivity contribution is 5.90. The minimum Gasteiger partial charge on any atom is -0.340 e. The molecule has 18 heavy (non-hydrogen) atoms. The van der Waals surface area contributed by atoms with Crippen molar-refractivity contribution in [2.45, 2.75) is 32.4 Å². The number of rotatable bonds is 3. The minimum atomic E-state index is -0.296. The molecule has 0 saturated carbocycles. The third-order valence-corrected chi connectivity index (χ3v) is 3.00. The van der Waals surface area contributed by atoms with Crippen LogP contribution < -0.4 is 5.32 Å². The smallest absolute Gasteiger partial charge is 0.289 e. The number of hydrogen-bond donors (Lipinski definition) is 2. The standard InChI is InChI=1S/C10H13N7O/c1-6(13-10(18)8-11-5-12-15-8)9-16-14-7-3-2-4-17(7)9/h5-6H,2-4H2,1H3,(H,13,18)(H,11,12,15). The molecule has 0 bridgehead atoms. The minimum absolute atomic E-state index is 0.197. The maximum absolute atomic E-state index is 11.8. The summed E-state index contributed by atoms with van der Waals surface area (Å²) in [6.45, 7) is 2.80.